The molecule has 0 unspecified atom stereocenters. The van der Waals surface area contributed by atoms with Crippen molar-refractivity contribution in [3.05, 3.63) is 5.82 Å². The second-order valence-electron chi connectivity index (χ2n) is 3.31. The highest BCUT2D eigenvalue weighted by Gasteiger charge is 2.13. The summed E-state index contributed by atoms with van der Waals surface area (Å²) >= 11 is 1.56. The van der Waals surface area contributed by atoms with Gasteiger partial charge in [0.15, 0.2) is 11.4 Å². The molecular formula is C10H20N4O2S. The molecule has 0 aliphatic rings. The topological polar surface area (TPSA) is 75.2 Å². The molecule has 7 heteroatoms. The Balaban J connectivity index is 2.49. The first-order chi connectivity index (χ1) is 8.22. The molecule has 1 aromatic heterocycles. The molecule has 0 bridgehead atoms. The molecule has 0 radical (unpaired) electrons. The van der Waals surface area contributed by atoms with Gasteiger partial charge in [-0.1, -0.05) is 11.8 Å². The van der Waals surface area contributed by atoms with Crippen molar-refractivity contribution < 1.29 is 9.47 Å². The fourth-order valence-corrected chi connectivity index (χ4v) is 2.18. The van der Waals surface area contributed by atoms with Crippen LogP contribution in [0.2, 0.25) is 0 Å². The highest BCUT2D eigenvalue weighted by molar-refractivity contribution is 7.99. The fraction of sp³-hybridized carbons (Fsp3) is 0.800. The van der Waals surface area contributed by atoms with Gasteiger partial charge in [-0.3, -0.25) is 0 Å². The van der Waals surface area contributed by atoms with E-state index in [0.29, 0.717) is 25.5 Å². The number of nitrogens with two attached hydrogens (primary N) is 1. The third kappa shape index (κ3) is 4.27. The van der Waals surface area contributed by atoms with Gasteiger partial charge in [0.05, 0.1) is 12.3 Å². The molecule has 1 aromatic rings. The maximum absolute atomic E-state index is 5.53. The first-order valence-corrected chi connectivity index (χ1v) is 6.65. The van der Waals surface area contributed by atoms with Gasteiger partial charge in [-0.2, -0.15) is 0 Å². The summed E-state index contributed by atoms with van der Waals surface area (Å²) in [7, 11) is 1.90. The molecule has 0 aromatic carbocycles. The molecule has 0 atom stereocenters. The lowest BCUT2D eigenvalue weighted by molar-refractivity contribution is -0.120. The molecule has 17 heavy (non-hydrogen) atoms. The maximum atomic E-state index is 5.53. The van der Waals surface area contributed by atoms with E-state index < -0.39 is 0 Å². The molecule has 1 heterocycles. The zero-order chi connectivity index (χ0) is 12.7. The normalized spacial score (nSPS) is 11.4. The minimum Gasteiger partial charge on any atom is -0.352 e. The number of hydrogen-bond acceptors (Lipinski definition) is 6. The average molecular weight is 260 g/mol. The largest absolute Gasteiger partial charge is 0.352 e. The lowest BCUT2D eigenvalue weighted by Gasteiger charge is -2.15. The SMILES string of the molecule is CCOC(CSc1nnc(CN)n1C)OCC. The van der Waals surface area contributed by atoms with Crippen LogP contribution in [0, 0.1) is 0 Å². The molecule has 0 fully saturated rings. The average Bonchev–Trinajstić information content (AvgIpc) is 2.68. The quantitative estimate of drug-likeness (QED) is 0.549. The smallest absolute Gasteiger partial charge is 0.191 e. The van der Waals surface area contributed by atoms with E-state index in [1.165, 1.54) is 0 Å². The molecule has 2 N–H and O–H groups in total. The zero-order valence-electron chi connectivity index (χ0n) is 10.5. The Kier molecular flexibility index (Phi) is 6.49. The summed E-state index contributed by atoms with van der Waals surface area (Å²) in [6.07, 6.45) is -0.201. The first-order valence-electron chi connectivity index (χ1n) is 5.67. The lowest BCUT2D eigenvalue weighted by atomic mass is 10.6. The van der Waals surface area contributed by atoms with Crippen LogP contribution in [0.1, 0.15) is 19.7 Å². The Bertz CT molecular complexity index is 326. The number of aromatic nitrogens is 3. The van der Waals surface area contributed by atoms with Gasteiger partial charge in [0, 0.05) is 20.3 Å². The predicted molar refractivity (Wildman–Crippen MR) is 66.7 cm³/mol. The van der Waals surface area contributed by atoms with Crippen LogP contribution in [-0.2, 0) is 23.1 Å². The molecule has 0 aliphatic heterocycles. The molecule has 0 spiro atoms. The van der Waals surface area contributed by atoms with Crippen molar-refractivity contribution in [2.75, 3.05) is 19.0 Å². The van der Waals surface area contributed by atoms with Crippen LogP contribution in [-0.4, -0.2) is 40.0 Å². The Labute approximate surface area is 106 Å². The Morgan fingerprint density at radius 1 is 1.29 bits per heavy atom. The van der Waals surface area contributed by atoms with Crippen LogP contribution in [0.15, 0.2) is 5.16 Å². The van der Waals surface area contributed by atoms with Gasteiger partial charge in [0.1, 0.15) is 5.82 Å². The van der Waals surface area contributed by atoms with Gasteiger partial charge in [0.2, 0.25) is 0 Å². The number of hydrogen-bond donors (Lipinski definition) is 1. The third-order valence-corrected chi connectivity index (χ3v) is 3.21. The number of rotatable bonds is 8. The molecule has 98 valence electrons. The summed E-state index contributed by atoms with van der Waals surface area (Å²) in [5, 5.41) is 8.88. The monoisotopic (exact) mass is 260 g/mol. The molecule has 1 rings (SSSR count). The van der Waals surface area contributed by atoms with E-state index in [1.807, 2.05) is 25.5 Å². The van der Waals surface area contributed by atoms with E-state index in [4.69, 9.17) is 15.2 Å². The standard InChI is InChI=1S/C10H20N4O2S/c1-4-15-9(16-5-2)7-17-10-13-12-8(6-11)14(10)3/h9H,4-7,11H2,1-3H3. The number of ether oxygens (including phenoxy) is 2. The summed E-state index contributed by atoms with van der Waals surface area (Å²) < 4.78 is 12.8. The van der Waals surface area contributed by atoms with Crippen molar-refractivity contribution in [1.29, 1.82) is 0 Å². The predicted octanol–water partition coefficient (Wildman–Crippen LogP) is 0.765. The highest BCUT2D eigenvalue weighted by Crippen LogP contribution is 2.18. The number of thioether (sulfide) groups is 1. The highest BCUT2D eigenvalue weighted by atomic mass is 32.2. The van der Waals surface area contributed by atoms with Gasteiger partial charge < -0.3 is 19.8 Å². The zero-order valence-corrected chi connectivity index (χ0v) is 11.4. The molecule has 0 amide bonds. The lowest BCUT2D eigenvalue weighted by Crippen LogP contribution is -2.20. The van der Waals surface area contributed by atoms with Gasteiger partial charge in [0.25, 0.3) is 0 Å². The second-order valence-corrected chi connectivity index (χ2v) is 4.30. The Morgan fingerprint density at radius 3 is 2.41 bits per heavy atom. The first kappa shape index (κ1) is 14.4. The summed E-state index contributed by atoms with van der Waals surface area (Å²) in [4.78, 5) is 0. The van der Waals surface area contributed by atoms with Crippen molar-refractivity contribution >= 4 is 11.8 Å². The van der Waals surface area contributed by atoms with Gasteiger partial charge in [-0.25, -0.2) is 0 Å². The van der Waals surface area contributed by atoms with Crippen LogP contribution in [0.4, 0.5) is 0 Å². The van der Waals surface area contributed by atoms with Gasteiger partial charge >= 0.3 is 0 Å². The summed E-state index contributed by atoms with van der Waals surface area (Å²) in [5.74, 6) is 1.47. The van der Waals surface area contributed by atoms with Gasteiger partial charge in [-0.15, -0.1) is 10.2 Å². The van der Waals surface area contributed by atoms with Crippen molar-refractivity contribution in [3.63, 3.8) is 0 Å². The number of nitrogens with zero attached hydrogens (tertiary/aromatic N) is 3. The summed E-state index contributed by atoms with van der Waals surface area (Å²) in [6, 6.07) is 0. The molecular weight excluding hydrogens is 240 g/mol. The second kappa shape index (κ2) is 7.65. The van der Waals surface area contributed by atoms with E-state index in [1.54, 1.807) is 11.8 Å². The van der Waals surface area contributed by atoms with E-state index >= 15 is 0 Å². The minimum absolute atomic E-state index is 0.201. The molecule has 0 saturated carbocycles. The van der Waals surface area contributed by atoms with Crippen molar-refractivity contribution in [1.82, 2.24) is 14.8 Å². The molecule has 6 nitrogen and oxygen atoms in total. The Hall–Kier alpha value is -0.630. The molecule has 0 aliphatic carbocycles. The van der Waals surface area contributed by atoms with Crippen molar-refractivity contribution in [3.8, 4) is 0 Å². The maximum Gasteiger partial charge on any atom is 0.191 e. The van der Waals surface area contributed by atoms with Crippen LogP contribution in [0.5, 0.6) is 0 Å². The van der Waals surface area contributed by atoms with Crippen molar-refractivity contribution in [2.45, 2.75) is 31.8 Å². The van der Waals surface area contributed by atoms with Crippen LogP contribution in [0.3, 0.4) is 0 Å². The van der Waals surface area contributed by atoms with E-state index in [2.05, 4.69) is 10.2 Å². The van der Waals surface area contributed by atoms with Crippen molar-refractivity contribution in [2.24, 2.45) is 12.8 Å². The van der Waals surface area contributed by atoms with Crippen LogP contribution in [0.25, 0.3) is 0 Å². The minimum atomic E-state index is -0.201. The fourth-order valence-electron chi connectivity index (χ4n) is 1.31. The van der Waals surface area contributed by atoms with E-state index in [-0.39, 0.29) is 6.29 Å². The third-order valence-electron chi connectivity index (χ3n) is 2.16. The van der Waals surface area contributed by atoms with E-state index in [9.17, 15) is 0 Å². The van der Waals surface area contributed by atoms with Gasteiger partial charge in [-0.05, 0) is 13.8 Å². The molecule has 0 saturated heterocycles. The Morgan fingerprint density at radius 2 is 1.94 bits per heavy atom. The summed E-state index contributed by atoms with van der Waals surface area (Å²) in [5.41, 5.74) is 5.53. The van der Waals surface area contributed by atoms with Crippen LogP contribution >= 0.6 is 11.8 Å². The van der Waals surface area contributed by atoms with E-state index in [0.717, 1.165) is 11.0 Å². The summed E-state index contributed by atoms with van der Waals surface area (Å²) in [6.45, 7) is 5.57. The van der Waals surface area contributed by atoms with Crippen LogP contribution < -0.4 is 5.73 Å².